The quantitative estimate of drug-likeness (QED) is 0.260. The summed E-state index contributed by atoms with van der Waals surface area (Å²) in [6, 6.07) is 3.02. The van der Waals surface area contributed by atoms with E-state index < -0.39 is 35.0 Å². The molecule has 23 heavy (non-hydrogen) atoms. The number of nitro groups is 2. The third-order valence-electron chi connectivity index (χ3n) is 2.57. The van der Waals surface area contributed by atoms with Crippen LogP contribution in [0, 0.1) is 20.2 Å². The van der Waals surface area contributed by atoms with E-state index in [4.69, 9.17) is 32.2 Å². The summed E-state index contributed by atoms with van der Waals surface area (Å²) in [5.74, 6) is 0.104. The molecule has 0 heterocycles. The lowest BCUT2D eigenvalue weighted by Gasteiger charge is -2.17. The molecule has 0 aliphatic heterocycles. The first kappa shape index (κ1) is 19.8. The predicted octanol–water partition coefficient (Wildman–Crippen LogP) is 3.71. The van der Waals surface area contributed by atoms with E-state index in [-0.39, 0.29) is 30.5 Å². The molecule has 0 radical (unpaired) electrons. The Labute approximate surface area is 141 Å². The van der Waals surface area contributed by atoms with Crippen LogP contribution >= 0.6 is 30.8 Å². The first-order valence-electron chi connectivity index (χ1n) is 6.24. The van der Waals surface area contributed by atoms with Gasteiger partial charge in [0.1, 0.15) is 0 Å². The lowest BCUT2D eigenvalue weighted by molar-refractivity contribution is -0.394. The van der Waals surface area contributed by atoms with Crippen LogP contribution in [-0.4, -0.2) is 34.8 Å². The molecule has 0 spiro atoms. The second-order valence-corrected chi connectivity index (χ2v) is 6.95. The van der Waals surface area contributed by atoms with Gasteiger partial charge in [0.15, 0.2) is 0 Å². The molecule has 0 unspecified atom stereocenters. The zero-order valence-electron chi connectivity index (χ0n) is 11.7. The van der Waals surface area contributed by atoms with E-state index in [9.17, 15) is 24.8 Å². The number of rotatable bonds is 10. The Morgan fingerprint density at radius 2 is 1.61 bits per heavy atom. The summed E-state index contributed by atoms with van der Waals surface area (Å²) in [6.45, 7) is -0.163. The molecule has 128 valence electrons. The highest BCUT2D eigenvalue weighted by molar-refractivity contribution is 7.53. The van der Waals surface area contributed by atoms with Crippen molar-refractivity contribution in [3.63, 3.8) is 0 Å². The average molecular weight is 387 g/mol. The number of halogens is 2. The number of nitrogens with zero attached hydrogens (tertiary/aromatic N) is 2. The molecule has 0 fully saturated rings. The Hall–Kier alpha value is -1.25. The van der Waals surface area contributed by atoms with E-state index in [1.54, 1.807) is 0 Å². The summed E-state index contributed by atoms with van der Waals surface area (Å²) in [7, 11) is -3.72. The van der Waals surface area contributed by atoms with Gasteiger partial charge in [0, 0.05) is 23.4 Å². The Kier molecular flexibility index (Phi) is 7.87. The highest BCUT2D eigenvalue weighted by Gasteiger charge is 2.30. The molecule has 1 aromatic rings. The van der Waals surface area contributed by atoms with Gasteiger partial charge in [-0.1, -0.05) is 0 Å². The minimum Gasteiger partial charge on any atom is -0.307 e. The average Bonchev–Trinajstić information content (AvgIpc) is 2.51. The number of alkyl halides is 2. The normalized spacial score (nSPS) is 11.4. The van der Waals surface area contributed by atoms with Gasteiger partial charge in [-0.3, -0.25) is 24.8 Å². The fourth-order valence-electron chi connectivity index (χ4n) is 1.65. The van der Waals surface area contributed by atoms with Gasteiger partial charge in [-0.15, -0.1) is 23.2 Å². The molecule has 0 aliphatic carbocycles. The third kappa shape index (κ3) is 6.04. The first-order valence-corrected chi connectivity index (χ1v) is 9.04. The lowest BCUT2D eigenvalue weighted by atomic mass is 10.2. The molecule has 0 aliphatic rings. The van der Waals surface area contributed by atoms with Crippen LogP contribution in [0.25, 0.3) is 0 Å². The Morgan fingerprint density at radius 3 is 2.04 bits per heavy atom. The second-order valence-electron chi connectivity index (χ2n) is 4.14. The Balaban J connectivity index is 3.13. The highest BCUT2D eigenvalue weighted by Crippen LogP contribution is 2.52. The maximum absolute atomic E-state index is 12.6. The van der Waals surface area contributed by atoms with Gasteiger partial charge in [0.2, 0.25) is 0 Å². The fraction of sp³-hybridized carbons (Fsp3) is 0.455. The molecule has 1 rings (SSSR count). The standard InChI is InChI=1S/C11H13Cl2N2O7P/c12-3-5-21-23(20,22-6-4-13)8-9-1-2-10(14(16)17)7-11(9)15(18)19/h1-2,7H,3-6,8H2. The van der Waals surface area contributed by atoms with Crippen LogP contribution in [-0.2, 0) is 19.8 Å². The van der Waals surface area contributed by atoms with Crippen molar-refractivity contribution in [1.29, 1.82) is 0 Å². The summed E-state index contributed by atoms with van der Waals surface area (Å²) in [4.78, 5) is 20.2. The summed E-state index contributed by atoms with van der Waals surface area (Å²) in [5.41, 5.74) is -0.991. The minimum atomic E-state index is -3.72. The molecular formula is C11H13Cl2N2O7P. The number of non-ortho nitro benzene ring substituents is 1. The highest BCUT2D eigenvalue weighted by atomic mass is 35.5. The van der Waals surface area contributed by atoms with Crippen LogP contribution in [0.2, 0.25) is 0 Å². The number of hydrogen-bond donors (Lipinski definition) is 0. The van der Waals surface area contributed by atoms with E-state index in [1.807, 2.05) is 0 Å². The van der Waals surface area contributed by atoms with Crippen LogP contribution in [0.4, 0.5) is 11.4 Å². The Bertz CT molecular complexity index is 616. The second kappa shape index (κ2) is 9.14. The van der Waals surface area contributed by atoms with E-state index in [0.29, 0.717) is 0 Å². The number of benzene rings is 1. The van der Waals surface area contributed by atoms with Crippen molar-refractivity contribution in [3.8, 4) is 0 Å². The van der Waals surface area contributed by atoms with Gasteiger partial charge in [-0.05, 0) is 6.07 Å². The van der Waals surface area contributed by atoms with Crippen LogP contribution in [0.3, 0.4) is 0 Å². The molecule has 12 heteroatoms. The van der Waals surface area contributed by atoms with Crippen LogP contribution < -0.4 is 0 Å². The van der Waals surface area contributed by atoms with E-state index in [1.165, 1.54) is 0 Å². The molecule has 0 saturated carbocycles. The molecule has 0 N–H and O–H groups in total. The minimum absolute atomic E-state index is 0.00641. The monoisotopic (exact) mass is 386 g/mol. The molecule has 0 atom stereocenters. The molecule has 0 saturated heterocycles. The summed E-state index contributed by atoms with van der Waals surface area (Å²) < 4.78 is 22.7. The molecule has 0 amide bonds. The molecule has 9 nitrogen and oxygen atoms in total. The zero-order chi connectivity index (χ0) is 17.5. The Morgan fingerprint density at radius 1 is 1.04 bits per heavy atom. The topological polar surface area (TPSA) is 122 Å². The molecule has 0 bridgehead atoms. The maximum atomic E-state index is 12.6. The molecule has 0 aromatic heterocycles. The maximum Gasteiger partial charge on any atom is 0.335 e. The zero-order valence-corrected chi connectivity index (χ0v) is 14.1. The largest absolute Gasteiger partial charge is 0.335 e. The van der Waals surface area contributed by atoms with Gasteiger partial charge in [-0.2, -0.15) is 0 Å². The van der Waals surface area contributed by atoms with E-state index >= 15 is 0 Å². The van der Waals surface area contributed by atoms with Crippen molar-refractivity contribution in [2.75, 3.05) is 25.0 Å². The van der Waals surface area contributed by atoms with Crippen LogP contribution in [0.1, 0.15) is 5.56 Å². The van der Waals surface area contributed by atoms with E-state index in [0.717, 1.165) is 18.2 Å². The molecular weight excluding hydrogens is 374 g/mol. The predicted molar refractivity (Wildman–Crippen MR) is 84.4 cm³/mol. The van der Waals surface area contributed by atoms with Gasteiger partial charge < -0.3 is 9.05 Å². The van der Waals surface area contributed by atoms with Gasteiger partial charge >= 0.3 is 7.60 Å². The van der Waals surface area contributed by atoms with Crippen molar-refractivity contribution in [2.24, 2.45) is 0 Å². The van der Waals surface area contributed by atoms with Crippen LogP contribution in [0.15, 0.2) is 18.2 Å². The van der Waals surface area contributed by atoms with Crippen LogP contribution in [0.5, 0.6) is 0 Å². The van der Waals surface area contributed by atoms with Crippen molar-refractivity contribution >= 4 is 42.2 Å². The van der Waals surface area contributed by atoms with Crippen molar-refractivity contribution in [3.05, 3.63) is 44.0 Å². The fourth-order valence-corrected chi connectivity index (χ4v) is 3.70. The SMILES string of the molecule is O=[N+]([O-])c1ccc(CP(=O)(OCCCl)OCCCl)c([N+](=O)[O-])c1. The van der Waals surface area contributed by atoms with E-state index in [2.05, 4.69) is 0 Å². The van der Waals surface area contributed by atoms with Crippen molar-refractivity contribution in [2.45, 2.75) is 6.16 Å². The summed E-state index contributed by atoms with van der Waals surface area (Å²) >= 11 is 10.9. The lowest BCUT2D eigenvalue weighted by Crippen LogP contribution is -2.05. The van der Waals surface area contributed by atoms with Crippen molar-refractivity contribution in [1.82, 2.24) is 0 Å². The molecule has 1 aromatic carbocycles. The third-order valence-corrected chi connectivity index (χ3v) is 4.76. The summed E-state index contributed by atoms with van der Waals surface area (Å²) in [5, 5.41) is 21.8. The smallest absolute Gasteiger partial charge is 0.307 e. The van der Waals surface area contributed by atoms with Crippen molar-refractivity contribution < 1.29 is 23.5 Å². The first-order chi connectivity index (χ1) is 10.8. The van der Waals surface area contributed by atoms with Gasteiger partial charge in [-0.25, -0.2) is 0 Å². The van der Waals surface area contributed by atoms with Gasteiger partial charge in [0.25, 0.3) is 11.4 Å². The summed E-state index contributed by atoms with van der Waals surface area (Å²) in [6.07, 6.45) is -0.422. The number of hydrogen-bond acceptors (Lipinski definition) is 7. The van der Waals surface area contributed by atoms with Gasteiger partial charge in [0.05, 0.1) is 35.3 Å². The number of nitro benzene ring substituents is 2.